The topological polar surface area (TPSA) is 21.3 Å². The van der Waals surface area contributed by atoms with Crippen molar-refractivity contribution >= 4 is 0 Å². The molecule has 1 heterocycles. The van der Waals surface area contributed by atoms with Gasteiger partial charge in [0.25, 0.3) is 0 Å². The molecule has 2 spiro atoms. The highest BCUT2D eigenvalue weighted by Crippen LogP contribution is 2.50. The molecule has 2 heteroatoms. The Bertz CT molecular complexity index is 330. The molecule has 0 amide bonds. The average Bonchev–Trinajstić information content (AvgIpc) is 2.38. The molecule has 0 radical (unpaired) electrons. The maximum Gasteiger partial charge on any atom is 0.0847 e. The van der Waals surface area contributed by atoms with Crippen molar-refractivity contribution in [2.45, 2.75) is 89.8 Å². The van der Waals surface area contributed by atoms with E-state index in [9.17, 15) is 0 Å². The molecule has 0 bridgehead atoms. The third kappa shape index (κ3) is 2.66. The zero-order chi connectivity index (χ0) is 14.3. The van der Waals surface area contributed by atoms with Gasteiger partial charge in [-0.25, -0.2) is 0 Å². The molecule has 0 aromatic heterocycles. The van der Waals surface area contributed by atoms with Crippen molar-refractivity contribution in [2.75, 3.05) is 13.1 Å². The molecule has 1 saturated heterocycles. The summed E-state index contributed by atoms with van der Waals surface area (Å²) in [5, 5.41) is 3.78. The van der Waals surface area contributed by atoms with Crippen LogP contribution in [0.2, 0.25) is 0 Å². The number of ether oxygens (including phenoxy) is 1. The lowest BCUT2D eigenvalue weighted by Gasteiger charge is -2.57. The summed E-state index contributed by atoms with van der Waals surface area (Å²) in [6.45, 7) is 9.41. The summed E-state index contributed by atoms with van der Waals surface area (Å²) in [4.78, 5) is 0. The Hall–Kier alpha value is -0.0800. The first kappa shape index (κ1) is 14.8. The third-order valence-corrected chi connectivity index (χ3v) is 6.08. The molecule has 0 aromatic carbocycles. The molecule has 2 nitrogen and oxygen atoms in total. The van der Waals surface area contributed by atoms with Crippen LogP contribution in [0.3, 0.4) is 0 Å². The first-order valence-corrected chi connectivity index (χ1v) is 8.87. The smallest absolute Gasteiger partial charge is 0.0847 e. The summed E-state index contributed by atoms with van der Waals surface area (Å²) in [6.07, 6.45) is 12.0. The lowest BCUT2D eigenvalue weighted by molar-refractivity contribution is -0.237. The minimum absolute atomic E-state index is 0.117. The Morgan fingerprint density at radius 2 is 1.60 bits per heavy atom. The molecule has 3 fully saturated rings. The van der Waals surface area contributed by atoms with Gasteiger partial charge in [-0.15, -0.1) is 0 Å². The van der Waals surface area contributed by atoms with Crippen molar-refractivity contribution in [1.82, 2.24) is 5.32 Å². The second kappa shape index (κ2) is 5.28. The fraction of sp³-hybridized carbons (Fsp3) is 1.00. The summed E-state index contributed by atoms with van der Waals surface area (Å²) in [5.74, 6) is 0.704. The van der Waals surface area contributed by atoms with Gasteiger partial charge in [-0.05, 0) is 37.0 Å². The van der Waals surface area contributed by atoms with Crippen LogP contribution in [0.5, 0.6) is 0 Å². The zero-order valence-corrected chi connectivity index (χ0v) is 13.8. The van der Waals surface area contributed by atoms with Crippen molar-refractivity contribution in [1.29, 1.82) is 0 Å². The predicted molar refractivity (Wildman–Crippen MR) is 83.9 cm³/mol. The molecule has 3 rings (SSSR count). The van der Waals surface area contributed by atoms with Crippen LogP contribution in [0.1, 0.15) is 78.6 Å². The summed E-state index contributed by atoms with van der Waals surface area (Å²) in [6, 6.07) is 0. The van der Waals surface area contributed by atoms with Crippen LogP contribution in [0.4, 0.5) is 0 Å². The van der Waals surface area contributed by atoms with Gasteiger partial charge in [0, 0.05) is 13.1 Å². The van der Waals surface area contributed by atoms with Crippen LogP contribution in [0.15, 0.2) is 0 Å². The van der Waals surface area contributed by atoms with Gasteiger partial charge < -0.3 is 10.1 Å². The van der Waals surface area contributed by atoms with Crippen LogP contribution in [-0.4, -0.2) is 24.3 Å². The highest BCUT2D eigenvalue weighted by molar-refractivity contribution is 5.05. The lowest BCUT2D eigenvalue weighted by Crippen LogP contribution is -2.66. The van der Waals surface area contributed by atoms with Crippen molar-refractivity contribution in [3.8, 4) is 0 Å². The summed E-state index contributed by atoms with van der Waals surface area (Å²) in [7, 11) is 0. The predicted octanol–water partition coefficient (Wildman–Crippen LogP) is 4.28. The van der Waals surface area contributed by atoms with Gasteiger partial charge in [-0.3, -0.25) is 0 Å². The maximum absolute atomic E-state index is 7.02. The Labute approximate surface area is 125 Å². The Balaban J connectivity index is 1.84. The number of morpholine rings is 1. The summed E-state index contributed by atoms with van der Waals surface area (Å²) in [5.41, 5.74) is 0.638. The fourth-order valence-electron chi connectivity index (χ4n) is 5.25. The third-order valence-electron chi connectivity index (χ3n) is 6.08. The SMILES string of the molecule is CC(C)(C)C1CCCCC12CNCC1(CCCCC1)O2. The van der Waals surface area contributed by atoms with E-state index in [1.807, 2.05) is 0 Å². The van der Waals surface area contributed by atoms with E-state index in [2.05, 4.69) is 26.1 Å². The Morgan fingerprint density at radius 3 is 2.30 bits per heavy atom. The van der Waals surface area contributed by atoms with Gasteiger partial charge in [0.2, 0.25) is 0 Å². The summed E-state index contributed by atoms with van der Waals surface area (Å²) >= 11 is 0. The van der Waals surface area contributed by atoms with Crippen LogP contribution >= 0.6 is 0 Å². The number of rotatable bonds is 0. The van der Waals surface area contributed by atoms with Crippen molar-refractivity contribution in [3.05, 3.63) is 0 Å². The number of hydrogen-bond donors (Lipinski definition) is 1. The molecule has 3 aliphatic rings. The molecule has 2 atom stereocenters. The minimum atomic E-state index is 0.117. The second-order valence-electron chi connectivity index (χ2n) is 8.68. The molecule has 2 saturated carbocycles. The highest BCUT2D eigenvalue weighted by atomic mass is 16.5. The van der Waals surface area contributed by atoms with E-state index in [4.69, 9.17) is 4.74 Å². The highest BCUT2D eigenvalue weighted by Gasteiger charge is 2.53. The Morgan fingerprint density at radius 1 is 0.900 bits per heavy atom. The second-order valence-corrected chi connectivity index (χ2v) is 8.68. The lowest BCUT2D eigenvalue weighted by atomic mass is 9.62. The number of nitrogens with one attached hydrogen (secondary N) is 1. The molecule has 116 valence electrons. The van der Waals surface area contributed by atoms with Crippen LogP contribution in [0, 0.1) is 11.3 Å². The molecule has 1 N–H and O–H groups in total. The van der Waals surface area contributed by atoms with E-state index in [-0.39, 0.29) is 11.2 Å². The van der Waals surface area contributed by atoms with E-state index in [1.54, 1.807) is 0 Å². The minimum Gasteiger partial charge on any atom is -0.366 e. The van der Waals surface area contributed by atoms with Gasteiger partial charge in [0.05, 0.1) is 11.2 Å². The normalized spacial score (nSPS) is 38.2. The quantitative estimate of drug-likeness (QED) is 0.714. The van der Waals surface area contributed by atoms with Crippen LogP contribution < -0.4 is 5.32 Å². The van der Waals surface area contributed by atoms with Gasteiger partial charge in [-0.2, -0.15) is 0 Å². The molecular weight excluding hydrogens is 246 g/mol. The fourth-order valence-corrected chi connectivity index (χ4v) is 5.25. The first-order chi connectivity index (χ1) is 9.46. The summed E-state index contributed by atoms with van der Waals surface area (Å²) < 4.78 is 7.02. The van der Waals surface area contributed by atoms with Gasteiger partial charge in [-0.1, -0.05) is 52.9 Å². The molecular formula is C18H33NO. The van der Waals surface area contributed by atoms with Crippen molar-refractivity contribution < 1.29 is 4.74 Å². The van der Waals surface area contributed by atoms with Crippen LogP contribution in [0.25, 0.3) is 0 Å². The monoisotopic (exact) mass is 279 g/mol. The van der Waals surface area contributed by atoms with E-state index in [0.717, 1.165) is 13.1 Å². The standard InChI is InChI=1S/C18H33NO/c1-16(2,3)15-9-5-8-12-18(15)14-19-13-17(20-18)10-6-4-7-11-17/h15,19H,4-14H2,1-3H3. The molecule has 2 unspecified atom stereocenters. The molecule has 1 aliphatic heterocycles. The average molecular weight is 279 g/mol. The van der Waals surface area contributed by atoms with E-state index < -0.39 is 0 Å². The maximum atomic E-state index is 7.02. The largest absolute Gasteiger partial charge is 0.366 e. The Kier molecular flexibility index (Phi) is 3.92. The molecule has 2 aliphatic carbocycles. The van der Waals surface area contributed by atoms with Gasteiger partial charge in [0.1, 0.15) is 0 Å². The zero-order valence-electron chi connectivity index (χ0n) is 13.8. The first-order valence-electron chi connectivity index (χ1n) is 8.87. The molecule has 20 heavy (non-hydrogen) atoms. The van der Waals surface area contributed by atoms with Crippen LogP contribution in [-0.2, 0) is 4.74 Å². The van der Waals surface area contributed by atoms with E-state index in [0.29, 0.717) is 11.3 Å². The van der Waals surface area contributed by atoms with Gasteiger partial charge in [0.15, 0.2) is 0 Å². The van der Waals surface area contributed by atoms with E-state index >= 15 is 0 Å². The van der Waals surface area contributed by atoms with E-state index in [1.165, 1.54) is 57.8 Å². The van der Waals surface area contributed by atoms with Crippen molar-refractivity contribution in [2.24, 2.45) is 11.3 Å². The number of hydrogen-bond acceptors (Lipinski definition) is 2. The molecule has 0 aromatic rings. The van der Waals surface area contributed by atoms with Gasteiger partial charge >= 0.3 is 0 Å². The van der Waals surface area contributed by atoms with Crippen molar-refractivity contribution in [3.63, 3.8) is 0 Å².